The third-order valence-electron chi connectivity index (χ3n) is 3.51. The van der Waals surface area contributed by atoms with Crippen LogP contribution in [0.3, 0.4) is 0 Å². The molecule has 0 saturated carbocycles. The zero-order valence-corrected chi connectivity index (χ0v) is 11.7. The van der Waals surface area contributed by atoms with Gasteiger partial charge in [0, 0.05) is 28.7 Å². The summed E-state index contributed by atoms with van der Waals surface area (Å²) in [6.07, 6.45) is 0.889. The van der Waals surface area contributed by atoms with E-state index in [0.717, 1.165) is 28.6 Å². The Morgan fingerprint density at radius 1 is 1.53 bits per heavy atom. The minimum absolute atomic E-state index is 0.0873. The predicted octanol–water partition coefficient (Wildman–Crippen LogP) is 2.32. The van der Waals surface area contributed by atoms with E-state index in [9.17, 15) is 4.79 Å². The van der Waals surface area contributed by atoms with Crippen LogP contribution < -0.4 is 5.73 Å². The van der Waals surface area contributed by atoms with Crippen LogP contribution in [0.25, 0.3) is 0 Å². The van der Waals surface area contributed by atoms with Crippen molar-refractivity contribution in [3.8, 4) is 0 Å². The highest BCUT2D eigenvalue weighted by molar-refractivity contribution is 9.10. The van der Waals surface area contributed by atoms with Gasteiger partial charge in [-0.3, -0.25) is 4.79 Å². The van der Waals surface area contributed by atoms with Crippen molar-refractivity contribution in [1.82, 2.24) is 4.90 Å². The van der Waals surface area contributed by atoms with E-state index in [1.54, 1.807) is 0 Å². The smallest absolute Gasteiger partial charge is 0.254 e. The number of aryl methyl sites for hydroxylation is 1. The Bertz CT molecular complexity index is 447. The summed E-state index contributed by atoms with van der Waals surface area (Å²) in [5.74, 6) is 0.0873. The monoisotopic (exact) mass is 296 g/mol. The molecule has 2 unspecified atom stereocenters. The predicted molar refractivity (Wildman–Crippen MR) is 72.0 cm³/mol. The van der Waals surface area contributed by atoms with Crippen molar-refractivity contribution in [2.24, 2.45) is 5.73 Å². The third kappa shape index (κ3) is 2.38. The minimum Gasteiger partial charge on any atom is -0.334 e. The van der Waals surface area contributed by atoms with Gasteiger partial charge in [0.25, 0.3) is 5.91 Å². The van der Waals surface area contributed by atoms with E-state index in [0.29, 0.717) is 0 Å². The van der Waals surface area contributed by atoms with E-state index >= 15 is 0 Å². The van der Waals surface area contributed by atoms with Gasteiger partial charge in [0.2, 0.25) is 0 Å². The lowest BCUT2D eigenvalue weighted by Gasteiger charge is -2.24. The maximum Gasteiger partial charge on any atom is 0.254 e. The van der Waals surface area contributed by atoms with Gasteiger partial charge in [0.15, 0.2) is 0 Å². The lowest BCUT2D eigenvalue weighted by molar-refractivity contribution is 0.0742. The fraction of sp³-hybridized carbons (Fsp3) is 0.462. The van der Waals surface area contributed by atoms with Crippen molar-refractivity contribution in [1.29, 1.82) is 0 Å². The average Bonchev–Trinajstić information content (AvgIpc) is 2.62. The molecule has 0 spiro atoms. The average molecular weight is 297 g/mol. The Morgan fingerprint density at radius 3 is 2.82 bits per heavy atom. The van der Waals surface area contributed by atoms with Gasteiger partial charge in [-0.2, -0.15) is 0 Å². The van der Waals surface area contributed by atoms with E-state index in [2.05, 4.69) is 15.9 Å². The number of carbonyl (C=O) groups is 1. The second kappa shape index (κ2) is 4.78. The molecule has 1 aromatic carbocycles. The van der Waals surface area contributed by atoms with Gasteiger partial charge in [0.1, 0.15) is 0 Å². The van der Waals surface area contributed by atoms with Crippen LogP contribution in [0, 0.1) is 6.92 Å². The molecule has 2 atom stereocenters. The largest absolute Gasteiger partial charge is 0.334 e. The molecule has 2 rings (SSSR count). The third-order valence-corrected chi connectivity index (χ3v) is 4.00. The molecular formula is C13H17BrN2O. The summed E-state index contributed by atoms with van der Waals surface area (Å²) >= 11 is 3.40. The van der Waals surface area contributed by atoms with Crippen LogP contribution in [0.5, 0.6) is 0 Å². The number of carbonyl (C=O) groups excluding carboxylic acids is 1. The zero-order valence-electron chi connectivity index (χ0n) is 10.1. The Labute approximate surface area is 110 Å². The summed E-state index contributed by atoms with van der Waals surface area (Å²) in [6.45, 7) is 4.73. The van der Waals surface area contributed by atoms with Crippen molar-refractivity contribution in [2.45, 2.75) is 32.4 Å². The number of rotatable bonds is 1. The summed E-state index contributed by atoms with van der Waals surface area (Å²) < 4.78 is 0.933. The van der Waals surface area contributed by atoms with Crippen LogP contribution in [0.15, 0.2) is 22.7 Å². The maximum absolute atomic E-state index is 12.4. The standard InChI is InChI=1S/C13H17BrN2O/c1-8-3-4-10(14)7-11(8)13(17)16-6-5-12(15)9(16)2/h3-4,7,9,12H,5-6,15H2,1-2H3. The molecule has 0 aliphatic carbocycles. The summed E-state index contributed by atoms with van der Waals surface area (Å²) in [7, 11) is 0. The molecule has 17 heavy (non-hydrogen) atoms. The Balaban J connectivity index is 2.28. The van der Waals surface area contributed by atoms with E-state index in [-0.39, 0.29) is 18.0 Å². The lowest BCUT2D eigenvalue weighted by Crippen LogP contribution is -2.40. The van der Waals surface area contributed by atoms with Crippen molar-refractivity contribution in [3.63, 3.8) is 0 Å². The summed E-state index contributed by atoms with van der Waals surface area (Å²) in [6, 6.07) is 6.02. The van der Waals surface area contributed by atoms with E-state index in [1.165, 1.54) is 0 Å². The summed E-state index contributed by atoms with van der Waals surface area (Å²) in [4.78, 5) is 14.3. The fourth-order valence-electron chi connectivity index (χ4n) is 2.23. The normalized spacial score (nSPS) is 24.1. The van der Waals surface area contributed by atoms with E-state index in [1.807, 2.05) is 36.9 Å². The summed E-state index contributed by atoms with van der Waals surface area (Å²) in [5.41, 5.74) is 7.72. The number of amides is 1. The number of benzene rings is 1. The molecular weight excluding hydrogens is 280 g/mol. The first-order valence-corrected chi connectivity index (χ1v) is 6.62. The van der Waals surface area contributed by atoms with Crippen LogP contribution in [0.2, 0.25) is 0 Å². The van der Waals surface area contributed by atoms with Gasteiger partial charge in [-0.25, -0.2) is 0 Å². The highest BCUT2D eigenvalue weighted by Gasteiger charge is 2.32. The van der Waals surface area contributed by atoms with Crippen LogP contribution >= 0.6 is 15.9 Å². The quantitative estimate of drug-likeness (QED) is 0.864. The Morgan fingerprint density at radius 2 is 2.24 bits per heavy atom. The second-order valence-electron chi connectivity index (χ2n) is 4.65. The summed E-state index contributed by atoms with van der Waals surface area (Å²) in [5, 5.41) is 0. The van der Waals surface area contributed by atoms with E-state index < -0.39 is 0 Å². The Kier molecular flexibility index (Phi) is 3.54. The molecule has 3 nitrogen and oxygen atoms in total. The van der Waals surface area contributed by atoms with Gasteiger partial charge >= 0.3 is 0 Å². The molecule has 92 valence electrons. The molecule has 1 aromatic rings. The zero-order chi connectivity index (χ0) is 12.6. The first-order valence-electron chi connectivity index (χ1n) is 5.83. The minimum atomic E-state index is 0.0873. The van der Waals surface area contributed by atoms with Crippen LogP contribution in [-0.4, -0.2) is 29.4 Å². The number of hydrogen-bond donors (Lipinski definition) is 1. The van der Waals surface area contributed by atoms with Gasteiger partial charge < -0.3 is 10.6 Å². The molecule has 2 N–H and O–H groups in total. The highest BCUT2D eigenvalue weighted by Crippen LogP contribution is 2.22. The van der Waals surface area contributed by atoms with Crippen molar-refractivity contribution < 1.29 is 4.79 Å². The van der Waals surface area contributed by atoms with Crippen molar-refractivity contribution in [2.75, 3.05) is 6.54 Å². The lowest BCUT2D eigenvalue weighted by atomic mass is 10.1. The molecule has 1 heterocycles. The second-order valence-corrected chi connectivity index (χ2v) is 5.57. The van der Waals surface area contributed by atoms with E-state index in [4.69, 9.17) is 5.73 Å². The SMILES string of the molecule is Cc1ccc(Br)cc1C(=O)N1CCC(N)C1C. The molecule has 1 amide bonds. The first kappa shape index (κ1) is 12.6. The van der Waals surface area contributed by atoms with Crippen LogP contribution in [-0.2, 0) is 0 Å². The number of likely N-dealkylation sites (tertiary alicyclic amines) is 1. The number of hydrogen-bond acceptors (Lipinski definition) is 2. The molecule has 0 radical (unpaired) electrons. The number of halogens is 1. The van der Waals surface area contributed by atoms with Crippen LogP contribution in [0.1, 0.15) is 29.3 Å². The molecule has 0 aromatic heterocycles. The number of nitrogens with two attached hydrogens (primary N) is 1. The fourth-order valence-corrected chi connectivity index (χ4v) is 2.59. The maximum atomic E-state index is 12.4. The molecule has 1 fully saturated rings. The molecule has 1 aliphatic rings. The molecule has 4 heteroatoms. The molecule has 0 bridgehead atoms. The molecule has 1 aliphatic heterocycles. The van der Waals surface area contributed by atoms with Gasteiger partial charge in [-0.05, 0) is 38.0 Å². The van der Waals surface area contributed by atoms with Crippen molar-refractivity contribution in [3.05, 3.63) is 33.8 Å². The van der Waals surface area contributed by atoms with Gasteiger partial charge in [-0.15, -0.1) is 0 Å². The number of nitrogens with zero attached hydrogens (tertiary/aromatic N) is 1. The van der Waals surface area contributed by atoms with Gasteiger partial charge in [0.05, 0.1) is 0 Å². The topological polar surface area (TPSA) is 46.3 Å². The Hall–Kier alpha value is -0.870. The highest BCUT2D eigenvalue weighted by atomic mass is 79.9. The molecule has 1 saturated heterocycles. The first-order chi connectivity index (χ1) is 8.00. The van der Waals surface area contributed by atoms with Gasteiger partial charge in [-0.1, -0.05) is 22.0 Å². The van der Waals surface area contributed by atoms with Crippen molar-refractivity contribution >= 4 is 21.8 Å². The van der Waals surface area contributed by atoms with Crippen LogP contribution in [0.4, 0.5) is 0 Å².